The Kier molecular flexibility index (Phi) is 7.67. The zero-order valence-electron chi connectivity index (χ0n) is 15.9. The molecule has 1 N–H and O–H groups in total. The van der Waals surface area contributed by atoms with Crippen molar-refractivity contribution in [2.24, 2.45) is 0 Å². The van der Waals surface area contributed by atoms with Crippen LogP contribution in [0.4, 0.5) is 5.69 Å². The number of ether oxygens (including phenoxy) is 1. The van der Waals surface area contributed by atoms with Crippen molar-refractivity contribution < 1.29 is 14.3 Å². The molecule has 27 heavy (non-hydrogen) atoms. The lowest BCUT2D eigenvalue weighted by molar-refractivity contribution is -0.129. The van der Waals surface area contributed by atoms with Crippen LogP contribution in [0.1, 0.15) is 24.5 Å². The molecule has 0 spiro atoms. The molecule has 0 heterocycles. The van der Waals surface area contributed by atoms with E-state index in [4.69, 9.17) is 16.3 Å². The lowest BCUT2D eigenvalue weighted by Gasteiger charge is -2.21. The molecule has 0 unspecified atom stereocenters. The minimum absolute atomic E-state index is 0.0461. The van der Waals surface area contributed by atoms with Gasteiger partial charge < -0.3 is 15.0 Å². The second-order valence-electron chi connectivity index (χ2n) is 6.36. The summed E-state index contributed by atoms with van der Waals surface area (Å²) in [5.41, 5.74) is 2.75. The van der Waals surface area contributed by atoms with Crippen molar-refractivity contribution in [3.63, 3.8) is 0 Å². The van der Waals surface area contributed by atoms with Gasteiger partial charge in [0, 0.05) is 37.1 Å². The summed E-state index contributed by atoms with van der Waals surface area (Å²) in [7, 11) is 1.63. The smallest absolute Gasteiger partial charge is 0.226 e. The van der Waals surface area contributed by atoms with E-state index in [0.717, 1.165) is 23.3 Å². The van der Waals surface area contributed by atoms with Gasteiger partial charge in [0.2, 0.25) is 11.8 Å². The topological polar surface area (TPSA) is 58.6 Å². The normalized spacial score (nSPS) is 10.4. The first-order chi connectivity index (χ1) is 12.9. The molecule has 0 aliphatic heterocycles. The SMILES string of the molecule is COc1ccc(CCN(CCC(=O)Nc2cc(Cl)ccc2C)C(C)=O)cc1. The number of aryl methyl sites for hydroxylation is 1. The lowest BCUT2D eigenvalue weighted by Crippen LogP contribution is -2.33. The third-order valence-electron chi connectivity index (χ3n) is 4.36. The molecule has 0 fully saturated rings. The fourth-order valence-corrected chi connectivity index (χ4v) is 2.83. The summed E-state index contributed by atoms with van der Waals surface area (Å²) in [5, 5.41) is 3.43. The van der Waals surface area contributed by atoms with Gasteiger partial charge in [-0.2, -0.15) is 0 Å². The maximum Gasteiger partial charge on any atom is 0.226 e. The highest BCUT2D eigenvalue weighted by Crippen LogP contribution is 2.20. The highest BCUT2D eigenvalue weighted by atomic mass is 35.5. The van der Waals surface area contributed by atoms with Gasteiger partial charge in [0.15, 0.2) is 0 Å². The van der Waals surface area contributed by atoms with Gasteiger partial charge >= 0.3 is 0 Å². The fourth-order valence-electron chi connectivity index (χ4n) is 2.66. The van der Waals surface area contributed by atoms with Crippen molar-refractivity contribution in [3.8, 4) is 5.75 Å². The maximum absolute atomic E-state index is 12.2. The molecule has 2 amide bonds. The first-order valence-corrected chi connectivity index (χ1v) is 9.21. The number of carbonyl (C=O) groups is 2. The molecule has 0 atom stereocenters. The molecule has 0 aliphatic carbocycles. The van der Waals surface area contributed by atoms with Crippen molar-refractivity contribution in [1.82, 2.24) is 4.90 Å². The molecule has 6 heteroatoms. The van der Waals surface area contributed by atoms with E-state index in [1.54, 1.807) is 24.1 Å². The highest BCUT2D eigenvalue weighted by molar-refractivity contribution is 6.31. The molecule has 5 nitrogen and oxygen atoms in total. The first kappa shape index (κ1) is 20.8. The van der Waals surface area contributed by atoms with Crippen LogP contribution in [0.3, 0.4) is 0 Å². The van der Waals surface area contributed by atoms with Gasteiger partial charge in [-0.3, -0.25) is 9.59 Å². The molecule has 0 aromatic heterocycles. The van der Waals surface area contributed by atoms with Crippen molar-refractivity contribution in [2.45, 2.75) is 26.7 Å². The number of nitrogens with one attached hydrogen (secondary N) is 1. The molecule has 0 bridgehead atoms. The van der Waals surface area contributed by atoms with Gasteiger partial charge in [-0.1, -0.05) is 29.8 Å². The van der Waals surface area contributed by atoms with Gasteiger partial charge in [0.05, 0.1) is 7.11 Å². The molecule has 0 saturated heterocycles. The number of anilines is 1. The molecule has 0 radical (unpaired) electrons. The predicted molar refractivity (Wildman–Crippen MR) is 108 cm³/mol. The molecule has 2 aromatic carbocycles. The molecular formula is C21H25ClN2O3. The third kappa shape index (κ3) is 6.61. The van der Waals surface area contributed by atoms with E-state index in [0.29, 0.717) is 23.8 Å². The first-order valence-electron chi connectivity index (χ1n) is 8.83. The number of rotatable bonds is 8. The molecule has 144 valence electrons. The van der Waals surface area contributed by atoms with Crippen LogP contribution in [0.2, 0.25) is 5.02 Å². The predicted octanol–water partition coefficient (Wildman–Crippen LogP) is 4.08. The Balaban J connectivity index is 1.86. The quantitative estimate of drug-likeness (QED) is 0.741. The summed E-state index contributed by atoms with van der Waals surface area (Å²) in [4.78, 5) is 25.8. The van der Waals surface area contributed by atoms with Crippen LogP contribution in [-0.4, -0.2) is 36.9 Å². The average molecular weight is 389 g/mol. The van der Waals surface area contributed by atoms with E-state index in [9.17, 15) is 9.59 Å². The van der Waals surface area contributed by atoms with E-state index >= 15 is 0 Å². The Labute approximate surface area is 165 Å². The van der Waals surface area contributed by atoms with Gasteiger partial charge in [0.25, 0.3) is 0 Å². The fraction of sp³-hybridized carbons (Fsp3) is 0.333. The third-order valence-corrected chi connectivity index (χ3v) is 4.59. The summed E-state index contributed by atoms with van der Waals surface area (Å²) in [6.07, 6.45) is 0.951. The van der Waals surface area contributed by atoms with Crippen molar-refractivity contribution in [3.05, 3.63) is 58.6 Å². The Hall–Kier alpha value is -2.53. The van der Waals surface area contributed by atoms with Gasteiger partial charge in [-0.25, -0.2) is 0 Å². The van der Waals surface area contributed by atoms with Crippen molar-refractivity contribution >= 4 is 29.1 Å². The van der Waals surface area contributed by atoms with Crippen molar-refractivity contribution in [2.75, 3.05) is 25.5 Å². The molecule has 2 aromatic rings. The largest absolute Gasteiger partial charge is 0.497 e. The van der Waals surface area contributed by atoms with Crippen LogP contribution < -0.4 is 10.1 Å². The summed E-state index contributed by atoms with van der Waals surface area (Å²) >= 11 is 5.98. The number of amides is 2. The summed E-state index contributed by atoms with van der Waals surface area (Å²) in [6.45, 7) is 4.36. The number of hydrogen-bond donors (Lipinski definition) is 1. The van der Waals surface area contributed by atoms with Gasteiger partial charge in [-0.15, -0.1) is 0 Å². The van der Waals surface area contributed by atoms with Crippen LogP contribution in [-0.2, 0) is 16.0 Å². The Morgan fingerprint density at radius 2 is 1.81 bits per heavy atom. The van der Waals surface area contributed by atoms with E-state index in [-0.39, 0.29) is 18.2 Å². The Morgan fingerprint density at radius 3 is 2.44 bits per heavy atom. The monoisotopic (exact) mass is 388 g/mol. The Morgan fingerprint density at radius 1 is 1.11 bits per heavy atom. The second-order valence-corrected chi connectivity index (χ2v) is 6.80. The van der Waals surface area contributed by atoms with Crippen LogP contribution in [0.15, 0.2) is 42.5 Å². The minimum Gasteiger partial charge on any atom is -0.497 e. The highest BCUT2D eigenvalue weighted by Gasteiger charge is 2.12. The zero-order valence-corrected chi connectivity index (χ0v) is 16.7. The second kappa shape index (κ2) is 9.97. The average Bonchev–Trinajstić information content (AvgIpc) is 2.65. The lowest BCUT2D eigenvalue weighted by atomic mass is 10.1. The van der Waals surface area contributed by atoms with Crippen molar-refractivity contribution in [1.29, 1.82) is 0 Å². The van der Waals surface area contributed by atoms with Crippen LogP contribution >= 0.6 is 11.6 Å². The van der Waals surface area contributed by atoms with Crippen LogP contribution in [0.25, 0.3) is 0 Å². The number of methoxy groups -OCH3 is 1. The zero-order chi connectivity index (χ0) is 19.8. The van der Waals surface area contributed by atoms with Crippen LogP contribution in [0, 0.1) is 6.92 Å². The van der Waals surface area contributed by atoms with Crippen LogP contribution in [0.5, 0.6) is 5.75 Å². The number of nitrogens with zero attached hydrogens (tertiary/aromatic N) is 1. The molecular weight excluding hydrogens is 364 g/mol. The summed E-state index contributed by atoms with van der Waals surface area (Å²) < 4.78 is 5.15. The Bertz CT molecular complexity index is 791. The number of halogens is 1. The number of benzene rings is 2. The summed E-state index contributed by atoms with van der Waals surface area (Å²) in [6, 6.07) is 13.1. The van der Waals surface area contributed by atoms with E-state index in [2.05, 4.69) is 5.32 Å². The minimum atomic E-state index is -0.143. The van der Waals surface area contributed by atoms with Gasteiger partial charge in [-0.05, 0) is 48.7 Å². The maximum atomic E-state index is 12.2. The summed E-state index contributed by atoms with van der Waals surface area (Å²) in [5.74, 6) is 0.612. The van der Waals surface area contributed by atoms with E-state index < -0.39 is 0 Å². The van der Waals surface area contributed by atoms with Gasteiger partial charge in [0.1, 0.15) is 5.75 Å². The van der Waals surface area contributed by atoms with E-state index in [1.807, 2.05) is 37.3 Å². The standard InChI is InChI=1S/C21H25ClN2O3/c1-15-4-7-18(22)14-20(15)23-21(26)11-13-24(16(2)25)12-10-17-5-8-19(27-3)9-6-17/h4-9,14H,10-13H2,1-3H3,(H,23,26). The molecule has 2 rings (SSSR count). The molecule has 0 saturated carbocycles. The number of hydrogen-bond acceptors (Lipinski definition) is 3. The number of carbonyl (C=O) groups excluding carboxylic acids is 2. The van der Waals surface area contributed by atoms with E-state index in [1.165, 1.54) is 6.92 Å². The molecule has 0 aliphatic rings.